The fourth-order valence-electron chi connectivity index (χ4n) is 15.7. The van der Waals surface area contributed by atoms with Crippen LogP contribution in [0.2, 0.25) is 0 Å². The number of rotatable bonds is 49. The van der Waals surface area contributed by atoms with Crippen LogP contribution in [-0.4, -0.2) is 100 Å². The smallest absolute Gasteiger partial charge is 0.333 e. The molecule has 0 aromatic carbocycles. The molecule has 0 N–H and O–H groups in total. The van der Waals surface area contributed by atoms with E-state index in [2.05, 4.69) is 201 Å². The van der Waals surface area contributed by atoms with E-state index in [0.29, 0.717) is 114 Å². The number of hydrogen-bond donors (Lipinski definition) is 0. The molecular formula is C108H170O15. The molecular weight excluding hydrogens is 1540 g/mol. The van der Waals surface area contributed by atoms with Crippen LogP contribution < -0.4 is 0 Å². The summed E-state index contributed by atoms with van der Waals surface area (Å²) in [6.45, 7) is 70.7. The van der Waals surface area contributed by atoms with Crippen molar-refractivity contribution in [3.63, 3.8) is 0 Å². The molecule has 692 valence electrons. The predicted molar refractivity (Wildman–Crippen MR) is 512 cm³/mol. The van der Waals surface area contributed by atoms with Crippen molar-refractivity contribution in [1.29, 1.82) is 0 Å². The standard InChI is InChI=1S/C22H40O2.C19H30O2.C17H24O3.C15H20O2.C14H24O2.C14H22O2.C7H10O2/c1-4-5-6-7-8-9-10-11-12-13-14-15-16-17-18-19-20-24-22(23)21(2)3;1-15(2)9-7-10-17(5)11-8-12-18(6)13-14-21-19(20)16(3)4;1-10(2)17(18)20-7-6-19-15-9-12-8-14(15)13-5-4-11(3)16(12)13;1-8(2)15(16)17-13-7-10-6-12(13)11-5-4-9(3)14(10)11;2*1-11(2)7-6-8-13(5)9-10-16-14(15)12(3)4;1-4-5-9-7(8)6(2)3/h11-12H,2,4-10,13-20H2,1,3H3;9,11,13H,3,7-8,10,12,14H2,1-2,4-6H3;4-5,11-16H,1,6-9H2,2-3H3;4-5,9-14H,1,6-7H2,2-3H3;7,13H,3,6,8-10H2,1-2,4-5H3;7,9H,3,6,8,10H2,1-2,4-5H3;4H,1-2,5H2,3H3/b12-11-;17-11+,18-13+;;;;13-9+;. The predicted octanol–water partition coefficient (Wildman–Crippen LogP) is 27.6. The van der Waals surface area contributed by atoms with E-state index in [0.717, 1.165) is 113 Å². The van der Waals surface area contributed by atoms with Gasteiger partial charge in [-0.2, -0.15) is 0 Å². The lowest BCUT2D eigenvalue weighted by Crippen LogP contribution is -2.33. The molecule has 0 amide bonds. The van der Waals surface area contributed by atoms with Crippen LogP contribution >= 0.6 is 0 Å². The number of fused-ring (bicyclic) bond motifs is 10. The second kappa shape index (κ2) is 68.1. The van der Waals surface area contributed by atoms with Crippen molar-refractivity contribution >= 4 is 41.8 Å². The summed E-state index contributed by atoms with van der Waals surface area (Å²) in [6, 6.07) is 0. The van der Waals surface area contributed by atoms with Crippen LogP contribution in [0.1, 0.15) is 312 Å². The van der Waals surface area contributed by atoms with Gasteiger partial charge in [0.1, 0.15) is 32.5 Å². The van der Waals surface area contributed by atoms with E-state index in [4.69, 9.17) is 33.2 Å². The zero-order valence-electron chi connectivity index (χ0n) is 80.8. The molecule has 0 heterocycles. The van der Waals surface area contributed by atoms with Crippen LogP contribution in [0.15, 0.2) is 204 Å². The average Bonchev–Trinajstić information content (AvgIpc) is 1.59. The van der Waals surface area contributed by atoms with Crippen molar-refractivity contribution in [3.05, 3.63) is 204 Å². The highest BCUT2D eigenvalue weighted by Gasteiger charge is 2.56. The molecule has 0 spiro atoms. The quantitative estimate of drug-likeness (QED) is 0.0183. The van der Waals surface area contributed by atoms with Gasteiger partial charge in [-0.25, -0.2) is 33.6 Å². The third kappa shape index (κ3) is 54.4. The maximum atomic E-state index is 11.6. The molecule has 0 aromatic heterocycles. The van der Waals surface area contributed by atoms with Crippen molar-refractivity contribution in [1.82, 2.24) is 0 Å². The lowest BCUT2D eigenvalue weighted by molar-refractivity contribution is -0.148. The second-order valence-corrected chi connectivity index (χ2v) is 35.9. The maximum Gasteiger partial charge on any atom is 0.333 e. The summed E-state index contributed by atoms with van der Waals surface area (Å²) in [4.78, 5) is 77.9. The average molecular weight is 1710 g/mol. The van der Waals surface area contributed by atoms with E-state index in [1.807, 2.05) is 19.1 Å². The Morgan fingerprint density at radius 1 is 0.358 bits per heavy atom. The molecule has 13 unspecified atom stereocenters. The van der Waals surface area contributed by atoms with E-state index in [9.17, 15) is 33.6 Å². The van der Waals surface area contributed by atoms with E-state index >= 15 is 0 Å². The number of unbranched alkanes of at least 4 members (excludes halogenated alkanes) is 12. The molecule has 4 saturated carbocycles. The Balaban J connectivity index is 0.00000143. The normalized spacial score (nSPS) is 20.8. The first kappa shape index (κ1) is 115. The summed E-state index contributed by atoms with van der Waals surface area (Å²) in [6.07, 6.45) is 61.6. The number of ether oxygens (including phenoxy) is 8. The summed E-state index contributed by atoms with van der Waals surface area (Å²) in [7, 11) is 0. The Morgan fingerprint density at radius 2 is 0.707 bits per heavy atom. The van der Waals surface area contributed by atoms with Gasteiger partial charge in [-0.3, -0.25) is 0 Å². The molecule has 0 aromatic rings. The molecule has 6 aliphatic carbocycles. The molecule has 123 heavy (non-hydrogen) atoms. The highest BCUT2D eigenvalue weighted by molar-refractivity contribution is 5.89. The van der Waals surface area contributed by atoms with Gasteiger partial charge >= 0.3 is 41.8 Å². The lowest BCUT2D eigenvalue weighted by Gasteiger charge is -2.33. The second-order valence-electron chi connectivity index (χ2n) is 35.9. The summed E-state index contributed by atoms with van der Waals surface area (Å²) in [5, 5.41) is 0. The van der Waals surface area contributed by atoms with E-state index < -0.39 is 0 Å². The summed E-state index contributed by atoms with van der Waals surface area (Å²) >= 11 is 0. The Hall–Kier alpha value is -8.17. The van der Waals surface area contributed by atoms with Crippen LogP contribution in [0.5, 0.6) is 0 Å². The molecule has 4 bridgehead atoms. The minimum absolute atomic E-state index is 0.139. The summed E-state index contributed by atoms with van der Waals surface area (Å²) in [5.74, 6) is 5.86. The topological polar surface area (TPSA) is 193 Å². The maximum absolute atomic E-state index is 11.6. The molecule has 6 aliphatic rings. The van der Waals surface area contributed by atoms with Gasteiger partial charge in [-0.05, 0) is 298 Å². The lowest BCUT2D eigenvalue weighted by atomic mass is 9.76. The number of allylic oxidation sites excluding steroid dienone is 16. The number of carbonyl (C=O) groups is 7. The van der Waals surface area contributed by atoms with E-state index in [-0.39, 0.29) is 54.5 Å². The van der Waals surface area contributed by atoms with Gasteiger partial charge in [-0.1, -0.05) is 238 Å². The monoisotopic (exact) mass is 1710 g/mol. The fourth-order valence-corrected chi connectivity index (χ4v) is 15.7. The first-order valence-corrected chi connectivity index (χ1v) is 46.1. The summed E-state index contributed by atoms with van der Waals surface area (Å²) in [5.41, 5.74) is 11.2. The molecule has 15 nitrogen and oxygen atoms in total. The zero-order valence-corrected chi connectivity index (χ0v) is 80.8. The first-order chi connectivity index (χ1) is 58.2. The zero-order chi connectivity index (χ0) is 92.9. The Bertz CT molecular complexity index is 3580. The van der Waals surface area contributed by atoms with Gasteiger partial charge < -0.3 is 37.9 Å². The van der Waals surface area contributed by atoms with Crippen LogP contribution in [0.4, 0.5) is 0 Å². The number of carbonyl (C=O) groups excluding carboxylic acids is 7. The summed E-state index contributed by atoms with van der Waals surface area (Å²) < 4.78 is 41.3. The molecule has 4 fully saturated rings. The minimum Gasteiger partial charge on any atom is -0.462 e. The third-order valence-electron chi connectivity index (χ3n) is 22.8. The van der Waals surface area contributed by atoms with Crippen LogP contribution in [0.3, 0.4) is 0 Å². The fraction of sp³-hybridized carbons (Fsp3) is 0.620. The number of esters is 7. The van der Waals surface area contributed by atoms with Crippen LogP contribution in [0, 0.1) is 65.1 Å². The van der Waals surface area contributed by atoms with E-state index in [1.54, 1.807) is 48.5 Å². The third-order valence-corrected chi connectivity index (χ3v) is 22.8. The Labute approximate surface area is 748 Å². The molecule has 0 aliphatic heterocycles. The van der Waals surface area contributed by atoms with Crippen molar-refractivity contribution in [3.8, 4) is 0 Å². The van der Waals surface area contributed by atoms with Crippen LogP contribution in [0.25, 0.3) is 0 Å². The van der Waals surface area contributed by atoms with Crippen molar-refractivity contribution in [2.75, 3.05) is 46.2 Å². The molecule has 15 heteroatoms. The van der Waals surface area contributed by atoms with Gasteiger partial charge in [0, 0.05) is 44.9 Å². The molecule has 0 saturated heterocycles. The van der Waals surface area contributed by atoms with E-state index in [1.165, 1.54) is 136 Å². The molecule has 13 atom stereocenters. The molecule has 6 rings (SSSR count). The Morgan fingerprint density at radius 3 is 1.12 bits per heavy atom. The van der Waals surface area contributed by atoms with Crippen LogP contribution in [-0.2, 0) is 71.5 Å². The van der Waals surface area contributed by atoms with Gasteiger partial charge in [0.25, 0.3) is 0 Å². The van der Waals surface area contributed by atoms with Crippen molar-refractivity contribution < 1.29 is 71.5 Å². The SMILES string of the molecule is C=C(C)C(=O)OC/C=C(\C)CC/C=C(\C)CCC=C(C)C.C=C(C)C(=O)OC/C=C(\C)CCC=C(C)C.C=C(C)C(=O)OC1CC2CC1C1C=CC(C)C21.C=C(C)C(=O)OCCC(C)CCC=C(C)C.C=C(C)C(=O)OCCCCCCCC/C=C\CCCCCCCC.C=C(C)C(=O)OCCOC1CC2CC1C1C=CC(C)C21.C=CCOC(=O)C(=C)C. The highest BCUT2D eigenvalue weighted by atomic mass is 16.6. The number of hydrogen-bond acceptors (Lipinski definition) is 15. The van der Waals surface area contributed by atoms with Gasteiger partial charge in [0.2, 0.25) is 0 Å². The molecule has 0 radical (unpaired) electrons. The van der Waals surface area contributed by atoms with Gasteiger partial charge in [0.05, 0.1) is 25.9 Å². The first-order valence-electron chi connectivity index (χ1n) is 46.1. The minimum atomic E-state index is -0.366. The highest BCUT2D eigenvalue weighted by Crippen LogP contribution is 2.60. The Kier molecular flexibility index (Phi) is 63.6. The van der Waals surface area contributed by atoms with Crippen molar-refractivity contribution in [2.24, 2.45) is 65.1 Å². The van der Waals surface area contributed by atoms with Gasteiger partial charge in [-0.15, -0.1) is 0 Å². The largest absolute Gasteiger partial charge is 0.462 e. The van der Waals surface area contributed by atoms with Gasteiger partial charge in [0.15, 0.2) is 0 Å². The van der Waals surface area contributed by atoms with Crippen molar-refractivity contribution in [2.45, 2.75) is 324 Å².